The summed E-state index contributed by atoms with van der Waals surface area (Å²) >= 11 is 0. The third-order valence-corrected chi connectivity index (χ3v) is 3.98. The number of nitrogens with zero attached hydrogens (tertiary/aromatic N) is 3. The first kappa shape index (κ1) is 16.8. The van der Waals surface area contributed by atoms with Crippen LogP contribution < -0.4 is 5.32 Å². The lowest BCUT2D eigenvalue weighted by Crippen LogP contribution is -2.37. The number of carbonyl (C=O) groups is 3. The molecule has 2 heterocycles. The molecule has 0 fully saturated rings. The van der Waals surface area contributed by atoms with Gasteiger partial charge in [-0.05, 0) is 12.1 Å². The van der Waals surface area contributed by atoms with Gasteiger partial charge in [0.25, 0.3) is 11.8 Å². The summed E-state index contributed by atoms with van der Waals surface area (Å²) in [6.07, 6.45) is 6.99. The van der Waals surface area contributed by atoms with Gasteiger partial charge in [-0.3, -0.25) is 19.2 Å². The van der Waals surface area contributed by atoms with Crippen molar-refractivity contribution in [1.82, 2.24) is 10.4 Å². The molecule has 0 spiro atoms. The van der Waals surface area contributed by atoms with Crippen LogP contribution in [0.25, 0.3) is 0 Å². The lowest BCUT2D eigenvalue weighted by Gasteiger charge is -2.14. The fourth-order valence-corrected chi connectivity index (χ4v) is 2.53. The van der Waals surface area contributed by atoms with Crippen molar-refractivity contribution in [2.45, 2.75) is 24.9 Å². The quantitative estimate of drug-likeness (QED) is 0.569. The van der Waals surface area contributed by atoms with Crippen molar-refractivity contribution in [3.63, 3.8) is 0 Å². The van der Waals surface area contributed by atoms with E-state index in [-0.39, 0.29) is 11.1 Å². The van der Waals surface area contributed by atoms with Gasteiger partial charge in [-0.2, -0.15) is 10.2 Å². The van der Waals surface area contributed by atoms with Gasteiger partial charge >= 0.3 is 0 Å². The number of amides is 3. The molecule has 25 heavy (non-hydrogen) atoms. The van der Waals surface area contributed by atoms with Crippen LogP contribution in [0.4, 0.5) is 0 Å². The molecule has 128 valence electrons. The van der Waals surface area contributed by atoms with E-state index >= 15 is 0 Å². The second-order valence-corrected chi connectivity index (χ2v) is 5.71. The molecule has 8 heteroatoms. The average Bonchev–Trinajstić information content (AvgIpc) is 3.34. The van der Waals surface area contributed by atoms with Crippen LogP contribution in [0.2, 0.25) is 0 Å². The van der Waals surface area contributed by atoms with Crippen molar-refractivity contribution in [1.29, 1.82) is 0 Å². The molecular formula is C17H16N4O4. The number of hydroxylamine groups is 2. The number of benzene rings is 1. The predicted molar refractivity (Wildman–Crippen MR) is 86.2 cm³/mol. The number of rotatable bonds is 8. The zero-order valence-corrected chi connectivity index (χ0v) is 13.4. The molecule has 1 aromatic carbocycles. The van der Waals surface area contributed by atoms with Crippen molar-refractivity contribution < 1.29 is 19.2 Å². The molecule has 0 atom stereocenters. The average molecular weight is 340 g/mol. The standard InChI is InChI=1S/C17H16N4O4/c1-2-3-8-17(19-20-17)9-10-18-14(22)11-25-21-15(23)12-6-4-5-7-13(12)16(21)24/h1,4-7H,3,8-11H2,(H,18,22). The summed E-state index contributed by atoms with van der Waals surface area (Å²) in [7, 11) is 0. The van der Waals surface area contributed by atoms with Gasteiger partial charge in [-0.1, -0.05) is 12.1 Å². The summed E-state index contributed by atoms with van der Waals surface area (Å²) in [5, 5.41) is 11.2. The second kappa shape index (κ2) is 6.83. The molecule has 0 aliphatic carbocycles. The summed E-state index contributed by atoms with van der Waals surface area (Å²) in [5.74, 6) is 0.949. The first-order valence-electron chi connectivity index (χ1n) is 7.81. The van der Waals surface area contributed by atoms with Crippen LogP contribution in [0, 0.1) is 12.3 Å². The number of hydrogen-bond donors (Lipinski definition) is 1. The van der Waals surface area contributed by atoms with Crippen molar-refractivity contribution in [2.75, 3.05) is 13.2 Å². The van der Waals surface area contributed by atoms with Crippen LogP contribution in [0.15, 0.2) is 34.5 Å². The highest BCUT2D eigenvalue weighted by atomic mass is 16.7. The summed E-state index contributed by atoms with van der Waals surface area (Å²) in [6.45, 7) is -0.0843. The first-order valence-corrected chi connectivity index (χ1v) is 7.81. The number of carbonyl (C=O) groups excluding carboxylic acids is 3. The Labute approximate surface area is 144 Å². The molecule has 8 nitrogen and oxygen atoms in total. The second-order valence-electron chi connectivity index (χ2n) is 5.71. The first-order chi connectivity index (χ1) is 12.1. The largest absolute Gasteiger partial charge is 0.354 e. The fourth-order valence-electron chi connectivity index (χ4n) is 2.53. The third-order valence-electron chi connectivity index (χ3n) is 3.98. The maximum absolute atomic E-state index is 12.1. The minimum atomic E-state index is -0.572. The van der Waals surface area contributed by atoms with Gasteiger partial charge in [0.2, 0.25) is 5.91 Å². The van der Waals surface area contributed by atoms with E-state index in [4.69, 9.17) is 11.3 Å². The van der Waals surface area contributed by atoms with Crippen LogP contribution in [0.5, 0.6) is 0 Å². The molecule has 0 aromatic heterocycles. The van der Waals surface area contributed by atoms with Gasteiger partial charge in [-0.25, -0.2) is 0 Å². The smallest absolute Gasteiger partial charge is 0.285 e. The Bertz CT molecular complexity index is 755. The number of nitrogens with one attached hydrogen (secondary N) is 1. The van der Waals surface area contributed by atoms with Gasteiger partial charge in [0, 0.05) is 25.8 Å². The molecule has 3 rings (SSSR count). The minimum absolute atomic E-state index is 0.264. The Morgan fingerprint density at radius 1 is 1.20 bits per heavy atom. The molecular weight excluding hydrogens is 324 g/mol. The zero-order chi connectivity index (χ0) is 17.9. The SMILES string of the molecule is C#CCCC1(CCNC(=O)CON2C(=O)c3ccccc3C2=O)N=N1. The maximum atomic E-state index is 12.1. The van der Waals surface area contributed by atoms with E-state index in [1.807, 2.05) is 0 Å². The van der Waals surface area contributed by atoms with Crippen LogP contribution in [-0.4, -0.2) is 41.6 Å². The van der Waals surface area contributed by atoms with Crippen molar-refractivity contribution in [3.8, 4) is 12.3 Å². The van der Waals surface area contributed by atoms with Crippen LogP contribution in [0.3, 0.4) is 0 Å². The van der Waals surface area contributed by atoms with E-state index in [0.717, 1.165) is 0 Å². The highest BCUT2D eigenvalue weighted by Crippen LogP contribution is 2.36. The van der Waals surface area contributed by atoms with Gasteiger partial charge in [-0.15, -0.1) is 17.4 Å². The summed E-state index contributed by atoms with van der Waals surface area (Å²) in [5.41, 5.74) is 0.0592. The summed E-state index contributed by atoms with van der Waals surface area (Å²) in [6, 6.07) is 6.39. The van der Waals surface area contributed by atoms with E-state index in [2.05, 4.69) is 21.5 Å². The Morgan fingerprint density at radius 3 is 2.40 bits per heavy atom. The molecule has 0 radical (unpaired) electrons. The normalized spacial score (nSPS) is 16.5. The number of terminal acetylenes is 1. The van der Waals surface area contributed by atoms with Crippen LogP contribution in [-0.2, 0) is 9.63 Å². The molecule has 1 N–H and O–H groups in total. The van der Waals surface area contributed by atoms with Gasteiger partial charge < -0.3 is 5.32 Å². The van der Waals surface area contributed by atoms with E-state index in [1.165, 1.54) is 12.1 Å². The topological polar surface area (TPSA) is 100 Å². The molecule has 2 aliphatic heterocycles. The maximum Gasteiger partial charge on any atom is 0.285 e. The minimum Gasteiger partial charge on any atom is -0.354 e. The monoisotopic (exact) mass is 340 g/mol. The van der Waals surface area contributed by atoms with Crippen molar-refractivity contribution in [2.24, 2.45) is 10.2 Å². The molecule has 0 saturated carbocycles. The Balaban J connectivity index is 1.42. The molecule has 0 bridgehead atoms. The lowest BCUT2D eigenvalue weighted by molar-refractivity contribution is -0.139. The van der Waals surface area contributed by atoms with Crippen molar-refractivity contribution >= 4 is 17.7 Å². The zero-order valence-electron chi connectivity index (χ0n) is 13.4. The Morgan fingerprint density at radius 2 is 1.84 bits per heavy atom. The molecule has 0 saturated heterocycles. The summed E-state index contributed by atoms with van der Waals surface area (Å²) < 4.78 is 0. The fraction of sp³-hybridized carbons (Fsp3) is 0.353. The van der Waals surface area contributed by atoms with Gasteiger partial charge in [0.15, 0.2) is 12.3 Å². The number of hydrogen-bond acceptors (Lipinski definition) is 6. The third kappa shape index (κ3) is 3.56. The molecule has 1 aromatic rings. The molecule has 2 aliphatic rings. The van der Waals surface area contributed by atoms with Crippen LogP contribution in [0.1, 0.15) is 40.0 Å². The summed E-state index contributed by atoms with van der Waals surface area (Å²) in [4.78, 5) is 41.1. The van der Waals surface area contributed by atoms with Gasteiger partial charge in [0.05, 0.1) is 11.1 Å². The number of fused-ring (bicyclic) bond motifs is 1. The van der Waals surface area contributed by atoms with E-state index in [9.17, 15) is 14.4 Å². The van der Waals surface area contributed by atoms with E-state index in [0.29, 0.717) is 30.9 Å². The van der Waals surface area contributed by atoms with Crippen molar-refractivity contribution in [3.05, 3.63) is 35.4 Å². The highest BCUT2D eigenvalue weighted by Gasteiger charge is 2.39. The predicted octanol–water partition coefficient (Wildman–Crippen LogP) is 1.30. The molecule has 0 unspecified atom stereocenters. The lowest BCUT2D eigenvalue weighted by atomic mass is 10.0. The van der Waals surface area contributed by atoms with Gasteiger partial charge in [0.1, 0.15) is 0 Å². The van der Waals surface area contributed by atoms with Crippen LogP contribution >= 0.6 is 0 Å². The molecule has 3 amide bonds. The van der Waals surface area contributed by atoms with E-state index < -0.39 is 30.0 Å². The Kier molecular flexibility index (Phi) is 4.59. The highest BCUT2D eigenvalue weighted by molar-refractivity contribution is 6.20. The Hall–Kier alpha value is -3.05. The van der Waals surface area contributed by atoms with E-state index in [1.54, 1.807) is 12.1 Å². The number of imide groups is 1.